The van der Waals surface area contributed by atoms with Gasteiger partial charge in [0, 0.05) is 12.6 Å². The fourth-order valence-corrected chi connectivity index (χ4v) is 3.04. The van der Waals surface area contributed by atoms with E-state index in [1.165, 1.54) is 0 Å². The maximum Gasteiger partial charge on any atom is 0.315 e. The summed E-state index contributed by atoms with van der Waals surface area (Å²) in [6.07, 6.45) is 3.47. The minimum Gasteiger partial charge on any atom is -0.493 e. The number of nitrogens with one attached hydrogen (secondary N) is 2. The van der Waals surface area contributed by atoms with Crippen molar-refractivity contribution in [3.8, 4) is 11.5 Å². The summed E-state index contributed by atoms with van der Waals surface area (Å²) >= 11 is 0. The van der Waals surface area contributed by atoms with Gasteiger partial charge in [-0.15, -0.1) is 0 Å². The van der Waals surface area contributed by atoms with Crippen LogP contribution in [0.2, 0.25) is 0 Å². The predicted octanol–water partition coefficient (Wildman–Crippen LogP) is 1.55. The molecule has 2 rings (SSSR count). The van der Waals surface area contributed by atoms with Gasteiger partial charge in [0.2, 0.25) is 5.91 Å². The second kappa shape index (κ2) is 8.42. The van der Waals surface area contributed by atoms with E-state index < -0.39 is 0 Å². The average Bonchev–Trinajstić information content (AvgIpc) is 2.59. The summed E-state index contributed by atoms with van der Waals surface area (Å²) in [5.41, 5.74) is 6.31. The first-order chi connectivity index (χ1) is 11.5. The Bertz CT molecular complexity index is 591. The van der Waals surface area contributed by atoms with Gasteiger partial charge in [-0.05, 0) is 30.5 Å². The van der Waals surface area contributed by atoms with E-state index in [1.807, 2.05) is 12.1 Å². The number of hydrogen-bond acceptors (Lipinski definition) is 4. The van der Waals surface area contributed by atoms with E-state index >= 15 is 0 Å². The molecular formula is C17H25N3O4. The third-order valence-corrected chi connectivity index (χ3v) is 4.35. The molecule has 3 amide bonds. The van der Waals surface area contributed by atoms with Gasteiger partial charge in [-0.3, -0.25) is 4.79 Å². The largest absolute Gasteiger partial charge is 0.493 e. The Morgan fingerprint density at radius 2 is 1.88 bits per heavy atom. The molecule has 0 spiro atoms. The van der Waals surface area contributed by atoms with Crippen molar-refractivity contribution in [2.24, 2.45) is 11.7 Å². The predicted molar refractivity (Wildman–Crippen MR) is 89.9 cm³/mol. The summed E-state index contributed by atoms with van der Waals surface area (Å²) in [7, 11) is 3.14. The SMILES string of the molecule is COc1ccc(CNC(=O)N[C@@H]2CCCC[C@H]2C(N)=O)cc1OC. The molecule has 1 saturated carbocycles. The molecule has 1 aromatic rings. The van der Waals surface area contributed by atoms with Crippen molar-refractivity contribution in [3.63, 3.8) is 0 Å². The molecule has 0 aliphatic heterocycles. The smallest absolute Gasteiger partial charge is 0.315 e. The van der Waals surface area contributed by atoms with Crippen molar-refractivity contribution >= 4 is 11.9 Å². The monoisotopic (exact) mass is 335 g/mol. The summed E-state index contributed by atoms with van der Waals surface area (Å²) in [5.74, 6) is 0.612. The lowest BCUT2D eigenvalue weighted by molar-refractivity contribution is -0.123. The molecule has 0 aromatic heterocycles. The Morgan fingerprint density at radius 1 is 1.17 bits per heavy atom. The number of amides is 3. The molecule has 1 aliphatic rings. The highest BCUT2D eigenvalue weighted by molar-refractivity contribution is 5.80. The van der Waals surface area contributed by atoms with Crippen molar-refractivity contribution in [2.75, 3.05) is 14.2 Å². The van der Waals surface area contributed by atoms with Crippen molar-refractivity contribution in [3.05, 3.63) is 23.8 Å². The van der Waals surface area contributed by atoms with Crippen LogP contribution in [0.1, 0.15) is 31.2 Å². The number of ether oxygens (including phenoxy) is 2. The first-order valence-corrected chi connectivity index (χ1v) is 8.09. The van der Waals surface area contributed by atoms with Gasteiger partial charge in [0.05, 0.1) is 20.1 Å². The van der Waals surface area contributed by atoms with Crippen molar-refractivity contribution < 1.29 is 19.1 Å². The zero-order valence-corrected chi connectivity index (χ0v) is 14.1. The molecule has 0 radical (unpaired) electrons. The Labute approximate surface area is 141 Å². The van der Waals surface area contributed by atoms with Gasteiger partial charge in [0.25, 0.3) is 0 Å². The molecule has 0 heterocycles. The highest BCUT2D eigenvalue weighted by Gasteiger charge is 2.30. The van der Waals surface area contributed by atoms with E-state index in [1.54, 1.807) is 20.3 Å². The van der Waals surface area contributed by atoms with Gasteiger partial charge in [-0.1, -0.05) is 18.9 Å². The minimum absolute atomic E-state index is 0.193. The zero-order chi connectivity index (χ0) is 17.5. The number of urea groups is 1. The van der Waals surface area contributed by atoms with Crippen LogP contribution in [0, 0.1) is 5.92 Å². The van der Waals surface area contributed by atoms with Gasteiger partial charge in [-0.25, -0.2) is 4.79 Å². The molecule has 7 heteroatoms. The fourth-order valence-electron chi connectivity index (χ4n) is 3.04. The van der Waals surface area contributed by atoms with Crippen LogP contribution in [0.15, 0.2) is 18.2 Å². The standard InChI is InChI=1S/C17H25N3O4/c1-23-14-8-7-11(9-15(14)24-2)10-19-17(22)20-13-6-4-3-5-12(13)16(18)21/h7-9,12-13H,3-6,10H2,1-2H3,(H2,18,21)(H2,19,20,22)/t12-,13-/m1/s1. The Balaban J connectivity index is 1.89. The summed E-state index contributed by atoms with van der Waals surface area (Å²) in [6, 6.07) is 4.96. The van der Waals surface area contributed by atoms with Gasteiger partial charge in [-0.2, -0.15) is 0 Å². The summed E-state index contributed by atoms with van der Waals surface area (Å²) in [5, 5.41) is 5.66. The lowest BCUT2D eigenvalue weighted by Crippen LogP contribution is -2.50. The van der Waals surface area contributed by atoms with Crippen molar-refractivity contribution in [1.29, 1.82) is 0 Å². The van der Waals surface area contributed by atoms with E-state index in [2.05, 4.69) is 10.6 Å². The average molecular weight is 335 g/mol. The molecule has 2 atom stereocenters. The van der Waals surface area contributed by atoms with Crippen LogP contribution in [0.25, 0.3) is 0 Å². The topological polar surface area (TPSA) is 103 Å². The van der Waals surface area contributed by atoms with Crippen molar-refractivity contribution in [1.82, 2.24) is 10.6 Å². The normalized spacial score (nSPS) is 20.1. The number of nitrogens with two attached hydrogens (primary N) is 1. The number of hydrogen-bond donors (Lipinski definition) is 3. The Kier molecular flexibility index (Phi) is 6.28. The van der Waals surface area contributed by atoms with Gasteiger partial charge in [0.15, 0.2) is 11.5 Å². The van der Waals surface area contributed by atoms with Crippen LogP contribution >= 0.6 is 0 Å². The highest BCUT2D eigenvalue weighted by Crippen LogP contribution is 2.27. The molecule has 1 aromatic carbocycles. The van der Waals surface area contributed by atoms with Gasteiger partial charge < -0.3 is 25.8 Å². The van der Waals surface area contributed by atoms with E-state index in [-0.39, 0.29) is 23.9 Å². The summed E-state index contributed by atoms with van der Waals surface area (Å²) < 4.78 is 10.4. The van der Waals surface area contributed by atoms with Crippen LogP contribution in [0.4, 0.5) is 4.79 Å². The quantitative estimate of drug-likeness (QED) is 0.734. The second-order valence-corrected chi connectivity index (χ2v) is 5.92. The third-order valence-electron chi connectivity index (χ3n) is 4.35. The van der Waals surface area contributed by atoms with Crippen LogP contribution in [0.5, 0.6) is 11.5 Å². The number of carbonyl (C=O) groups is 2. The minimum atomic E-state index is -0.347. The molecule has 0 unspecified atom stereocenters. The lowest BCUT2D eigenvalue weighted by atomic mass is 9.84. The first-order valence-electron chi connectivity index (χ1n) is 8.09. The molecule has 24 heavy (non-hydrogen) atoms. The van der Waals surface area contributed by atoms with Crippen molar-refractivity contribution in [2.45, 2.75) is 38.3 Å². The van der Waals surface area contributed by atoms with Crippen LogP contribution in [0.3, 0.4) is 0 Å². The molecule has 4 N–H and O–H groups in total. The molecule has 132 valence electrons. The fraction of sp³-hybridized carbons (Fsp3) is 0.529. The number of benzene rings is 1. The van der Waals surface area contributed by atoms with Gasteiger partial charge in [0.1, 0.15) is 0 Å². The van der Waals surface area contributed by atoms with E-state index in [0.29, 0.717) is 18.0 Å². The van der Waals surface area contributed by atoms with E-state index in [0.717, 1.165) is 31.2 Å². The number of methoxy groups -OCH3 is 2. The second-order valence-electron chi connectivity index (χ2n) is 5.92. The van der Waals surface area contributed by atoms with E-state index in [9.17, 15) is 9.59 Å². The summed E-state index contributed by atoms with van der Waals surface area (Å²) in [6.45, 7) is 0.347. The van der Waals surface area contributed by atoms with E-state index in [4.69, 9.17) is 15.2 Å². The molecular weight excluding hydrogens is 310 g/mol. The number of primary amides is 1. The number of carbonyl (C=O) groups excluding carboxylic acids is 2. The van der Waals surface area contributed by atoms with Crippen LogP contribution in [-0.4, -0.2) is 32.2 Å². The molecule has 0 saturated heterocycles. The Morgan fingerprint density at radius 3 is 2.54 bits per heavy atom. The molecule has 1 aliphatic carbocycles. The summed E-state index contributed by atoms with van der Waals surface area (Å²) in [4.78, 5) is 23.6. The first kappa shape index (κ1) is 17.9. The number of rotatable bonds is 6. The van der Waals surface area contributed by atoms with Crippen LogP contribution < -0.4 is 25.8 Å². The molecule has 7 nitrogen and oxygen atoms in total. The highest BCUT2D eigenvalue weighted by atomic mass is 16.5. The molecule has 0 bridgehead atoms. The van der Waals surface area contributed by atoms with Crippen LogP contribution in [-0.2, 0) is 11.3 Å². The molecule has 1 fully saturated rings. The zero-order valence-electron chi connectivity index (χ0n) is 14.1. The Hall–Kier alpha value is -2.44. The maximum absolute atomic E-state index is 12.1. The lowest BCUT2D eigenvalue weighted by Gasteiger charge is -2.29. The third kappa shape index (κ3) is 4.53. The maximum atomic E-state index is 12.1. The van der Waals surface area contributed by atoms with Gasteiger partial charge >= 0.3 is 6.03 Å².